The van der Waals surface area contributed by atoms with Gasteiger partial charge in [0.25, 0.3) is 0 Å². The number of hydrogen-bond acceptors (Lipinski definition) is 2. The molecule has 0 aliphatic carbocycles. The first kappa shape index (κ1) is 7.58. The van der Waals surface area contributed by atoms with E-state index in [0.717, 1.165) is 5.56 Å². The molecule has 1 aromatic rings. The van der Waals surface area contributed by atoms with Crippen LogP contribution in [-0.4, -0.2) is 4.98 Å². The van der Waals surface area contributed by atoms with E-state index in [4.69, 9.17) is 11.0 Å². The summed E-state index contributed by atoms with van der Waals surface area (Å²) < 4.78 is 0. The van der Waals surface area contributed by atoms with Crippen LogP contribution in [0.25, 0.3) is 0 Å². The maximum absolute atomic E-state index is 8.46. The summed E-state index contributed by atoms with van der Waals surface area (Å²) in [6.07, 6.45) is 3.34. The van der Waals surface area contributed by atoms with Crippen molar-refractivity contribution in [1.82, 2.24) is 4.98 Å². The molecule has 0 radical (unpaired) electrons. The highest BCUT2D eigenvalue weighted by molar-refractivity contribution is 5.29. The van der Waals surface area contributed by atoms with E-state index in [-0.39, 0.29) is 6.04 Å². The molecule has 0 spiro atoms. The van der Waals surface area contributed by atoms with E-state index in [1.807, 2.05) is 6.07 Å². The first-order chi connectivity index (χ1) is 5.27. The fraction of sp³-hybridized carbons (Fsp3) is 0.125. The van der Waals surface area contributed by atoms with Crippen LogP contribution in [0.5, 0.6) is 0 Å². The molecule has 0 amide bonds. The maximum atomic E-state index is 8.46. The van der Waals surface area contributed by atoms with Crippen LogP contribution < -0.4 is 5.73 Å². The zero-order valence-corrected chi connectivity index (χ0v) is 6.04. The minimum Gasteiger partial charge on any atom is -0.353 e. The Morgan fingerprint density at radius 1 is 1.82 bits per heavy atom. The second-order valence-electron chi connectivity index (χ2n) is 2.22. The summed E-state index contributed by atoms with van der Waals surface area (Å²) in [5.41, 5.74) is 7.03. The summed E-state index contributed by atoms with van der Waals surface area (Å²) in [7, 11) is 0. The van der Waals surface area contributed by atoms with Gasteiger partial charge in [0.05, 0.1) is 0 Å². The number of nitrogens with two attached hydrogens (primary N) is 1. The Balaban J connectivity index is 2.90. The fourth-order valence-electron chi connectivity index (χ4n) is 0.804. The van der Waals surface area contributed by atoms with Crippen LogP contribution in [0.15, 0.2) is 24.9 Å². The van der Waals surface area contributed by atoms with Gasteiger partial charge in [-0.05, 0) is 11.6 Å². The molecule has 0 bridgehead atoms. The Labute approximate surface area is 65.1 Å². The molecule has 0 fully saturated rings. The van der Waals surface area contributed by atoms with Gasteiger partial charge in [-0.15, -0.1) is 6.58 Å². The van der Waals surface area contributed by atoms with Gasteiger partial charge in [-0.25, -0.2) is 0 Å². The van der Waals surface area contributed by atoms with Crippen molar-refractivity contribution in [3.63, 3.8) is 0 Å². The lowest BCUT2D eigenvalue weighted by Gasteiger charge is -1.99. The van der Waals surface area contributed by atoms with Crippen LogP contribution in [0.4, 0.5) is 0 Å². The summed E-state index contributed by atoms with van der Waals surface area (Å²) in [5.74, 6) is 0. The van der Waals surface area contributed by atoms with E-state index in [9.17, 15) is 0 Å². The van der Waals surface area contributed by atoms with E-state index in [1.165, 1.54) is 0 Å². The normalized spacial score (nSPS) is 12.0. The van der Waals surface area contributed by atoms with E-state index in [0.29, 0.717) is 5.69 Å². The van der Waals surface area contributed by atoms with Gasteiger partial charge in [0.15, 0.2) is 0 Å². The van der Waals surface area contributed by atoms with Crippen molar-refractivity contribution in [1.29, 1.82) is 5.26 Å². The van der Waals surface area contributed by atoms with Crippen LogP contribution in [-0.2, 0) is 0 Å². The number of hydrogen-bond donors (Lipinski definition) is 2. The van der Waals surface area contributed by atoms with E-state index >= 15 is 0 Å². The second kappa shape index (κ2) is 3.04. The van der Waals surface area contributed by atoms with Crippen LogP contribution in [0.1, 0.15) is 17.3 Å². The van der Waals surface area contributed by atoms with Gasteiger partial charge in [0.2, 0.25) is 0 Å². The van der Waals surface area contributed by atoms with Crippen molar-refractivity contribution < 1.29 is 0 Å². The Morgan fingerprint density at radius 3 is 3.00 bits per heavy atom. The third-order valence-electron chi connectivity index (χ3n) is 1.46. The summed E-state index contributed by atoms with van der Waals surface area (Å²) >= 11 is 0. The van der Waals surface area contributed by atoms with Gasteiger partial charge >= 0.3 is 0 Å². The quantitative estimate of drug-likeness (QED) is 0.614. The van der Waals surface area contributed by atoms with Gasteiger partial charge < -0.3 is 10.7 Å². The molecule has 1 rings (SSSR count). The Bertz CT molecular complexity index is 293. The predicted molar refractivity (Wildman–Crippen MR) is 42.6 cm³/mol. The molecular weight excluding hydrogens is 138 g/mol. The number of rotatable bonds is 2. The SMILES string of the molecule is C=C[C@@H](N)c1c[nH]c(C#N)c1. The Morgan fingerprint density at radius 2 is 2.55 bits per heavy atom. The Kier molecular flexibility index (Phi) is 2.09. The van der Waals surface area contributed by atoms with Crippen molar-refractivity contribution in [3.8, 4) is 6.07 Å². The highest BCUT2D eigenvalue weighted by Crippen LogP contribution is 2.11. The lowest BCUT2D eigenvalue weighted by atomic mass is 10.1. The lowest BCUT2D eigenvalue weighted by Crippen LogP contribution is -2.04. The van der Waals surface area contributed by atoms with Crippen molar-refractivity contribution in [2.24, 2.45) is 5.73 Å². The zero-order valence-electron chi connectivity index (χ0n) is 6.04. The molecule has 0 aliphatic rings. The van der Waals surface area contributed by atoms with E-state index in [2.05, 4.69) is 11.6 Å². The smallest absolute Gasteiger partial charge is 0.117 e. The monoisotopic (exact) mass is 147 g/mol. The summed E-state index contributed by atoms with van der Waals surface area (Å²) in [6, 6.07) is 3.51. The molecule has 56 valence electrons. The molecule has 0 unspecified atom stereocenters. The van der Waals surface area contributed by atoms with E-state index in [1.54, 1.807) is 18.3 Å². The number of H-pyrrole nitrogens is 1. The molecule has 0 saturated heterocycles. The molecule has 1 heterocycles. The Hall–Kier alpha value is -1.53. The highest BCUT2D eigenvalue weighted by Gasteiger charge is 2.02. The highest BCUT2D eigenvalue weighted by atomic mass is 14.7. The van der Waals surface area contributed by atoms with Gasteiger partial charge in [-0.2, -0.15) is 5.26 Å². The van der Waals surface area contributed by atoms with Crippen molar-refractivity contribution in [3.05, 3.63) is 36.2 Å². The number of nitrogens with zero attached hydrogens (tertiary/aromatic N) is 1. The van der Waals surface area contributed by atoms with Crippen LogP contribution >= 0.6 is 0 Å². The molecule has 11 heavy (non-hydrogen) atoms. The maximum Gasteiger partial charge on any atom is 0.117 e. The van der Waals surface area contributed by atoms with Gasteiger partial charge in [0, 0.05) is 12.2 Å². The van der Waals surface area contributed by atoms with Crippen molar-refractivity contribution in [2.45, 2.75) is 6.04 Å². The minimum atomic E-state index is -0.187. The first-order valence-electron chi connectivity index (χ1n) is 3.24. The lowest BCUT2D eigenvalue weighted by molar-refractivity contribution is 0.917. The molecule has 3 N–H and O–H groups in total. The standard InChI is InChI=1S/C8H9N3/c1-2-8(10)6-3-7(4-9)11-5-6/h2-3,5,8,11H,1,10H2/t8-/m1/s1. The molecule has 3 nitrogen and oxygen atoms in total. The minimum absolute atomic E-state index is 0.187. The topological polar surface area (TPSA) is 65.6 Å². The largest absolute Gasteiger partial charge is 0.353 e. The molecule has 0 saturated carbocycles. The fourth-order valence-corrected chi connectivity index (χ4v) is 0.804. The molecular formula is C8H9N3. The molecule has 0 aliphatic heterocycles. The van der Waals surface area contributed by atoms with Crippen LogP contribution in [0, 0.1) is 11.3 Å². The average molecular weight is 147 g/mol. The summed E-state index contributed by atoms with van der Waals surface area (Å²) in [4.78, 5) is 2.78. The average Bonchev–Trinajstić information content (AvgIpc) is 2.50. The van der Waals surface area contributed by atoms with Crippen molar-refractivity contribution in [2.75, 3.05) is 0 Å². The number of nitriles is 1. The van der Waals surface area contributed by atoms with Crippen LogP contribution in [0.2, 0.25) is 0 Å². The van der Waals surface area contributed by atoms with E-state index < -0.39 is 0 Å². The molecule has 1 atom stereocenters. The molecule has 3 heteroatoms. The van der Waals surface area contributed by atoms with Gasteiger partial charge in [0.1, 0.15) is 11.8 Å². The first-order valence-corrected chi connectivity index (χ1v) is 3.24. The third-order valence-corrected chi connectivity index (χ3v) is 1.46. The summed E-state index contributed by atoms with van der Waals surface area (Å²) in [5, 5.41) is 8.46. The number of aromatic nitrogens is 1. The van der Waals surface area contributed by atoms with Crippen LogP contribution in [0.3, 0.4) is 0 Å². The predicted octanol–water partition coefficient (Wildman–Crippen LogP) is 1.07. The molecule has 0 aromatic carbocycles. The summed E-state index contributed by atoms with van der Waals surface area (Å²) in [6.45, 7) is 3.55. The number of nitrogens with one attached hydrogen (secondary N) is 1. The van der Waals surface area contributed by atoms with Crippen molar-refractivity contribution >= 4 is 0 Å². The second-order valence-corrected chi connectivity index (χ2v) is 2.22. The van der Waals surface area contributed by atoms with Gasteiger partial charge in [-0.3, -0.25) is 0 Å². The number of aromatic amines is 1. The zero-order chi connectivity index (χ0) is 8.27. The third kappa shape index (κ3) is 1.48. The molecule has 1 aromatic heterocycles. The van der Waals surface area contributed by atoms with Gasteiger partial charge in [-0.1, -0.05) is 6.08 Å².